The molecule has 0 aromatic heterocycles. The first-order valence-electron chi connectivity index (χ1n) is 33.7. The van der Waals surface area contributed by atoms with Crippen molar-refractivity contribution >= 4 is 23.9 Å². The largest absolute Gasteiger partial charge is 1.00 e. The molecule has 0 aromatic rings. The predicted octanol–water partition coefficient (Wildman–Crippen LogP) is 4.80. The predicted molar refractivity (Wildman–Crippen MR) is 344 cm³/mol. The van der Waals surface area contributed by atoms with Gasteiger partial charge < -0.3 is 44.2 Å². The first-order chi connectivity index (χ1) is 38.9. The van der Waals surface area contributed by atoms with E-state index in [1.807, 2.05) is 0 Å². The van der Waals surface area contributed by atoms with Gasteiger partial charge in [-0.3, -0.25) is 19.4 Å². The van der Waals surface area contributed by atoms with Gasteiger partial charge in [0.15, 0.2) is 0 Å². The molecule has 13 nitrogen and oxygen atoms in total. The Bertz CT molecular complexity index is 2150. The van der Waals surface area contributed by atoms with Crippen molar-refractivity contribution in [1.82, 2.24) is 9.80 Å². The molecule has 0 saturated heterocycles. The molecule has 8 rings (SSSR count). The standard InChI is InChI=1S/C37H63NO5.C33H55NO5.3CH4.3Li.H2O/c1-8-41-34(39)24-38(25-35(40)42-9-2)21-22-43-29-17-19-36(6)28(23-29)13-14-30-32-16-15-31(27(5)12-10-11-26(3)4)37(32,7)20-18-33(30)36;1-22(2)7-6-8-23(3)27-11-12-28-26-10-9-24-19-25(39-18-17-34(20-30(35)36)21-31(37)38)13-15-32(24,4)29(26)14-16-33(27,28)5;;;;;;;/h13,26-27,29-33H,8-12,14-25H2,1-7H3;9,22-23,25-29H,6-8,10-21H2,1-5H3,(H,35,36)(H,37,38);3*1H4;;;;1H2/q;;;;;3*+1;/p-3/t27-,29+,30?,31-,32?,33?,36+,37-;23-,25+,26?,27-,28?,29?,32+,33-;;;;;;;/m11......./s1. The minimum atomic E-state index is -1.29. The van der Waals surface area contributed by atoms with Crippen LogP contribution in [0.3, 0.4) is 0 Å². The molecule has 0 spiro atoms. The molecule has 0 aromatic carbocycles. The Morgan fingerprint density at radius 1 is 0.517 bits per heavy atom. The van der Waals surface area contributed by atoms with Crippen molar-refractivity contribution in [3.8, 4) is 0 Å². The molecule has 500 valence electrons. The summed E-state index contributed by atoms with van der Waals surface area (Å²) in [6, 6.07) is 0. The summed E-state index contributed by atoms with van der Waals surface area (Å²) in [5, 5.41) is 21.9. The van der Waals surface area contributed by atoms with Crippen molar-refractivity contribution in [3.63, 3.8) is 0 Å². The number of ether oxygens (including phenoxy) is 4. The molecule has 0 bridgehead atoms. The van der Waals surface area contributed by atoms with Crippen molar-refractivity contribution < 1.29 is 110 Å². The number of hydrogen-bond acceptors (Lipinski definition) is 13. The Balaban J connectivity index is 0.00000162. The number of hydrogen-bond donors (Lipinski definition) is 0. The zero-order valence-electron chi connectivity index (χ0n) is 57.3. The SMILES string of the molecule is C.C.C.CC(C)CCC[C@@H](C)[C@H]1CCC2C3CC=C4C[C@@H](OCCN(CC(=O)[O-])CC(=O)[O-])CC[C@]4(C)C3CC[C@@]21C.CCOC(=O)CN(CCO[C@H]1CC[C@@]2(C)C(=CCC3C2CC[C@@]2(C)C3CC[C@@H]2[C@H](C)CCCC(C)C)C1)CC(=O)OCC.[Li+].[Li+].[Li+].[OH-]. The number of allylic oxidation sites excluding steroid dienone is 2. The summed E-state index contributed by atoms with van der Waals surface area (Å²) in [6.45, 7) is 30.1. The number of aliphatic carboxylic acids is 2. The number of carboxylic acid groups (broad SMARTS) is 2. The molecule has 8 aliphatic carbocycles. The second-order valence-corrected chi connectivity index (χ2v) is 29.8. The molecule has 16 atom stereocenters. The van der Waals surface area contributed by atoms with Crippen LogP contribution >= 0.6 is 0 Å². The van der Waals surface area contributed by atoms with Gasteiger partial charge in [-0.05, 0) is 209 Å². The Morgan fingerprint density at radius 3 is 1.21 bits per heavy atom. The fourth-order valence-corrected chi connectivity index (χ4v) is 19.9. The normalized spacial score (nSPS) is 32.6. The number of rotatable bonds is 28. The fourth-order valence-electron chi connectivity index (χ4n) is 19.9. The maximum absolute atomic E-state index is 12.1. The Hall–Kier alpha value is -1.05. The molecule has 0 heterocycles. The zero-order chi connectivity index (χ0) is 59.6. The zero-order valence-corrected chi connectivity index (χ0v) is 57.3. The quantitative estimate of drug-likeness (QED) is 0.0592. The number of carbonyl (C=O) groups is 4. The third-order valence-corrected chi connectivity index (χ3v) is 24.1. The van der Waals surface area contributed by atoms with E-state index < -0.39 is 25.0 Å². The number of carbonyl (C=O) groups excluding carboxylic acids is 4. The summed E-state index contributed by atoms with van der Waals surface area (Å²) in [4.78, 5) is 49.2. The van der Waals surface area contributed by atoms with Crippen LogP contribution in [0.25, 0.3) is 0 Å². The van der Waals surface area contributed by atoms with Gasteiger partial charge in [0.1, 0.15) is 0 Å². The van der Waals surface area contributed by atoms with Crippen LogP contribution in [0.5, 0.6) is 0 Å². The van der Waals surface area contributed by atoms with Gasteiger partial charge in [0, 0.05) is 26.2 Å². The van der Waals surface area contributed by atoms with Gasteiger partial charge in [-0.15, -0.1) is 0 Å². The number of esters is 2. The van der Waals surface area contributed by atoms with Crippen LogP contribution in [0.4, 0.5) is 0 Å². The minimum absolute atomic E-state index is 0. The van der Waals surface area contributed by atoms with Crippen molar-refractivity contribution in [3.05, 3.63) is 23.3 Å². The molecule has 0 radical (unpaired) electrons. The number of fused-ring (bicyclic) bond motifs is 10. The maximum Gasteiger partial charge on any atom is 1.00 e. The van der Waals surface area contributed by atoms with Gasteiger partial charge in [0.05, 0.1) is 63.7 Å². The molecule has 0 amide bonds. The summed E-state index contributed by atoms with van der Waals surface area (Å²) in [6.07, 6.45) is 34.0. The van der Waals surface area contributed by atoms with E-state index in [9.17, 15) is 29.4 Å². The molecular weight excluding hydrogens is 1100 g/mol. The van der Waals surface area contributed by atoms with Gasteiger partial charge in [0.25, 0.3) is 0 Å². The first-order valence-corrected chi connectivity index (χ1v) is 33.7. The summed E-state index contributed by atoms with van der Waals surface area (Å²) < 4.78 is 22.8. The minimum Gasteiger partial charge on any atom is -0.870 e. The molecule has 16 heteroatoms. The molecule has 6 saturated carbocycles. The van der Waals surface area contributed by atoms with E-state index in [1.54, 1.807) is 29.9 Å². The van der Waals surface area contributed by atoms with Crippen molar-refractivity contribution in [1.29, 1.82) is 0 Å². The van der Waals surface area contributed by atoms with Crippen LogP contribution in [0, 0.1) is 92.7 Å². The molecular formula is C73H129Li3N2O11. The maximum atomic E-state index is 12.1. The summed E-state index contributed by atoms with van der Waals surface area (Å²) in [7, 11) is 0. The van der Waals surface area contributed by atoms with Gasteiger partial charge in [-0.1, -0.05) is 153 Å². The molecule has 1 N–H and O–H groups in total. The van der Waals surface area contributed by atoms with Crippen LogP contribution in [0.1, 0.15) is 247 Å². The molecule has 89 heavy (non-hydrogen) atoms. The Morgan fingerprint density at radius 2 is 0.876 bits per heavy atom. The van der Waals surface area contributed by atoms with Gasteiger partial charge in [-0.25, -0.2) is 0 Å². The smallest absolute Gasteiger partial charge is 0.870 e. The Labute approximate surface area is 580 Å². The average molecular weight is 1230 g/mol. The fraction of sp³-hybridized carbons (Fsp3) is 0.890. The third kappa shape index (κ3) is 22.0. The van der Waals surface area contributed by atoms with Crippen LogP contribution in [-0.4, -0.2) is 117 Å². The monoisotopic (exact) mass is 1230 g/mol. The van der Waals surface area contributed by atoms with E-state index in [4.69, 9.17) is 18.9 Å². The van der Waals surface area contributed by atoms with Gasteiger partial charge in [0.2, 0.25) is 0 Å². The molecule has 8 aliphatic rings. The van der Waals surface area contributed by atoms with Crippen molar-refractivity contribution in [2.45, 2.75) is 259 Å². The van der Waals surface area contributed by atoms with Crippen molar-refractivity contribution in [2.24, 2.45) is 92.7 Å². The van der Waals surface area contributed by atoms with E-state index in [0.717, 1.165) is 103 Å². The van der Waals surface area contributed by atoms with Crippen LogP contribution < -0.4 is 66.8 Å². The van der Waals surface area contributed by atoms with E-state index in [1.165, 1.54) is 114 Å². The third-order valence-electron chi connectivity index (χ3n) is 24.1. The first kappa shape index (κ1) is 88.0. The molecule has 6 fully saturated rings. The van der Waals surface area contributed by atoms with E-state index >= 15 is 0 Å². The number of nitrogens with zero attached hydrogens (tertiary/aromatic N) is 2. The summed E-state index contributed by atoms with van der Waals surface area (Å²) in [5.74, 6) is 6.87. The topological polar surface area (TPSA) is 188 Å². The average Bonchev–Trinajstić information content (AvgIpc) is 1.73. The second-order valence-electron chi connectivity index (χ2n) is 29.8. The van der Waals surface area contributed by atoms with Gasteiger partial charge in [-0.2, -0.15) is 0 Å². The number of carboxylic acids is 2. The van der Waals surface area contributed by atoms with E-state index in [-0.39, 0.29) is 134 Å². The Kier molecular flexibility index (Phi) is 39.4. The van der Waals surface area contributed by atoms with Gasteiger partial charge >= 0.3 is 68.5 Å². The van der Waals surface area contributed by atoms with E-state index in [0.29, 0.717) is 49.2 Å². The molecule has 6 unspecified atom stereocenters. The van der Waals surface area contributed by atoms with E-state index in [2.05, 4.69) is 81.4 Å². The van der Waals surface area contributed by atoms with Crippen LogP contribution in [-0.2, 0) is 38.1 Å². The van der Waals surface area contributed by atoms with Crippen molar-refractivity contribution in [2.75, 3.05) is 65.7 Å². The van der Waals surface area contributed by atoms with Crippen LogP contribution in [0.15, 0.2) is 23.3 Å². The summed E-state index contributed by atoms with van der Waals surface area (Å²) >= 11 is 0. The second kappa shape index (κ2) is 39.9. The molecule has 0 aliphatic heterocycles. The van der Waals surface area contributed by atoms with Crippen LogP contribution in [0.2, 0.25) is 0 Å². The summed E-state index contributed by atoms with van der Waals surface area (Å²) in [5.41, 5.74) is 4.82.